The lowest BCUT2D eigenvalue weighted by Crippen LogP contribution is -2.18. The van der Waals surface area contributed by atoms with Crippen LogP contribution < -0.4 is 0 Å². The van der Waals surface area contributed by atoms with Crippen molar-refractivity contribution in [1.29, 1.82) is 0 Å². The molecule has 0 amide bonds. The van der Waals surface area contributed by atoms with Gasteiger partial charge in [-0.1, -0.05) is 13.0 Å². The first kappa shape index (κ1) is 10.3. The number of alkyl halides is 1. The quantitative estimate of drug-likeness (QED) is 0.537. The van der Waals surface area contributed by atoms with E-state index in [1.165, 1.54) is 0 Å². The number of nitrogens with zero attached hydrogens (tertiary/aromatic N) is 2. The average Bonchev–Trinajstić information content (AvgIpc) is 2.51. The molecule has 0 aliphatic heterocycles. The summed E-state index contributed by atoms with van der Waals surface area (Å²) in [7, 11) is 1.91. The maximum Gasteiger partial charge on any atom is 0.0633 e. The third-order valence-corrected chi connectivity index (χ3v) is 2.76. The van der Waals surface area contributed by atoms with Crippen LogP contribution in [-0.2, 0) is 13.5 Å². The molecule has 0 N–H and O–H groups in total. The summed E-state index contributed by atoms with van der Waals surface area (Å²) in [5, 5.41) is 4.30. The van der Waals surface area contributed by atoms with Gasteiger partial charge in [-0.05, 0) is 6.07 Å². The predicted octanol–water partition coefficient (Wildman–Crippen LogP) is 2.39. The minimum atomic E-state index is -0.0457. The minimum absolute atomic E-state index is 0.0457. The van der Waals surface area contributed by atoms with E-state index < -0.39 is 0 Å². The summed E-state index contributed by atoms with van der Waals surface area (Å²) in [5.41, 5.74) is 1.01. The summed E-state index contributed by atoms with van der Waals surface area (Å²) >= 11 is 5.86. The summed E-state index contributed by atoms with van der Waals surface area (Å²) in [6.07, 6.45) is 4.68. The second-order valence-corrected chi connectivity index (χ2v) is 3.92. The molecule has 2 nitrogen and oxygen atoms in total. The molecule has 1 heterocycles. The van der Waals surface area contributed by atoms with Gasteiger partial charge >= 0.3 is 0 Å². The maximum atomic E-state index is 5.86. The van der Waals surface area contributed by atoms with E-state index in [9.17, 15) is 0 Å². The van der Waals surface area contributed by atoms with Gasteiger partial charge < -0.3 is 0 Å². The molecule has 0 aromatic carbocycles. The average molecular weight is 199 g/mol. The molecule has 13 heavy (non-hydrogen) atoms. The molecule has 1 aromatic rings. The Kier molecular flexibility index (Phi) is 3.15. The molecule has 0 saturated heterocycles. The largest absolute Gasteiger partial charge is 0.276 e. The van der Waals surface area contributed by atoms with Crippen molar-refractivity contribution in [3.63, 3.8) is 0 Å². The molecule has 0 aliphatic carbocycles. The van der Waals surface area contributed by atoms with E-state index >= 15 is 0 Å². The lowest BCUT2D eigenvalue weighted by molar-refractivity contribution is 0.476. The summed E-state index contributed by atoms with van der Waals surface area (Å²) in [4.78, 5) is 0. The fraction of sp³-hybridized carbons (Fsp3) is 0.500. The summed E-state index contributed by atoms with van der Waals surface area (Å²) in [6.45, 7) is 5.87. The van der Waals surface area contributed by atoms with E-state index in [2.05, 4.69) is 18.6 Å². The number of hydrogen-bond donors (Lipinski definition) is 0. The number of aromatic nitrogens is 2. The second-order valence-electron chi connectivity index (χ2n) is 3.65. The van der Waals surface area contributed by atoms with Gasteiger partial charge in [0.05, 0.1) is 5.69 Å². The van der Waals surface area contributed by atoms with E-state index in [0.717, 1.165) is 12.1 Å². The second kappa shape index (κ2) is 3.97. The molecule has 1 aromatic heterocycles. The number of halogens is 1. The molecular weight excluding hydrogens is 184 g/mol. The fourth-order valence-corrected chi connectivity index (χ4v) is 1.35. The Morgan fingerprint density at radius 2 is 2.46 bits per heavy atom. The zero-order valence-corrected chi connectivity index (χ0v) is 8.88. The van der Waals surface area contributed by atoms with E-state index in [1.54, 1.807) is 4.68 Å². The number of aryl methyl sites for hydroxylation is 1. The first-order valence-corrected chi connectivity index (χ1v) is 4.81. The highest BCUT2D eigenvalue weighted by Gasteiger charge is 2.20. The van der Waals surface area contributed by atoms with Gasteiger partial charge in [0.15, 0.2) is 0 Å². The third-order valence-electron chi connectivity index (χ3n) is 2.15. The zero-order chi connectivity index (χ0) is 9.90. The molecule has 3 heteroatoms. The van der Waals surface area contributed by atoms with Gasteiger partial charge in [0.1, 0.15) is 0 Å². The van der Waals surface area contributed by atoms with Gasteiger partial charge in [0, 0.05) is 31.0 Å². The van der Waals surface area contributed by atoms with Crippen LogP contribution in [0.3, 0.4) is 0 Å². The van der Waals surface area contributed by atoms with Crippen molar-refractivity contribution in [2.75, 3.05) is 5.88 Å². The molecule has 0 fully saturated rings. The van der Waals surface area contributed by atoms with Crippen LogP contribution >= 0.6 is 11.6 Å². The minimum Gasteiger partial charge on any atom is -0.276 e. The Hall–Kier alpha value is -0.760. The van der Waals surface area contributed by atoms with Crippen LogP contribution in [0.1, 0.15) is 12.6 Å². The SMILES string of the molecule is C=CC(C)(CCl)Cc1ccn(C)n1. The first-order chi connectivity index (χ1) is 6.09. The van der Waals surface area contributed by atoms with Crippen molar-refractivity contribution in [1.82, 2.24) is 9.78 Å². The van der Waals surface area contributed by atoms with Crippen LogP contribution in [0.25, 0.3) is 0 Å². The molecule has 1 unspecified atom stereocenters. The molecule has 1 atom stereocenters. The molecule has 1 rings (SSSR count). The van der Waals surface area contributed by atoms with Crippen LogP contribution in [0, 0.1) is 5.41 Å². The van der Waals surface area contributed by atoms with Gasteiger partial charge in [0.2, 0.25) is 0 Å². The van der Waals surface area contributed by atoms with Crippen LogP contribution in [0.4, 0.5) is 0 Å². The third kappa shape index (κ3) is 2.59. The molecule has 0 spiro atoms. The lowest BCUT2D eigenvalue weighted by Gasteiger charge is -2.20. The number of rotatable bonds is 4. The van der Waals surface area contributed by atoms with Gasteiger partial charge in [-0.25, -0.2) is 0 Å². The van der Waals surface area contributed by atoms with Crippen molar-refractivity contribution in [3.8, 4) is 0 Å². The Labute approximate surface area is 84.2 Å². The first-order valence-electron chi connectivity index (χ1n) is 4.28. The standard InChI is InChI=1S/C10H15ClN2/c1-4-10(2,8-11)7-9-5-6-13(3)12-9/h4-6H,1,7-8H2,2-3H3. The normalized spacial score (nSPS) is 15.3. The van der Waals surface area contributed by atoms with Crippen LogP contribution in [0.5, 0.6) is 0 Å². The summed E-state index contributed by atoms with van der Waals surface area (Å²) in [5.74, 6) is 0.576. The molecular formula is C10H15ClN2. The summed E-state index contributed by atoms with van der Waals surface area (Å²) < 4.78 is 1.80. The summed E-state index contributed by atoms with van der Waals surface area (Å²) in [6, 6.07) is 2.01. The molecule has 0 radical (unpaired) electrons. The van der Waals surface area contributed by atoms with Crippen molar-refractivity contribution in [3.05, 3.63) is 30.6 Å². The lowest BCUT2D eigenvalue weighted by atomic mass is 9.88. The van der Waals surface area contributed by atoms with Gasteiger partial charge in [0.25, 0.3) is 0 Å². The van der Waals surface area contributed by atoms with Crippen molar-refractivity contribution >= 4 is 11.6 Å². The van der Waals surface area contributed by atoms with Crippen molar-refractivity contribution in [2.24, 2.45) is 12.5 Å². The van der Waals surface area contributed by atoms with Crippen LogP contribution in [0.2, 0.25) is 0 Å². The topological polar surface area (TPSA) is 17.8 Å². The van der Waals surface area contributed by atoms with Crippen molar-refractivity contribution in [2.45, 2.75) is 13.3 Å². The zero-order valence-electron chi connectivity index (χ0n) is 8.13. The van der Waals surface area contributed by atoms with E-state index in [4.69, 9.17) is 11.6 Å². The van der Waals surface area contributed by atoms with Crippen LogP contribution in [0.15, 0.2) is 24.9 Å². The molecule has 0 aliphatic rings. The van der Waals surface area contributed by atoms with Crippen LogP contribution in [-0.4, -0.2) is 15.7 Å². The maximum absolute atomic E-state index is 5.86. The Morgan fingerprint density at radius 3 is 2.85 bits per heavy atom. The Morgan fingerprint density at radius 1 is 1.77 bits per heavy atom. The Balaban J connectivity index is 2.72. The predicted molar refractivity (Wildman–Crippen MR) is 55.9 cm³/mol. The number of allylic oxidation sites excluding steroid dienone is 1. The monoisotopic (exact) mass is 198 g/mol. The van der Waals surface area contributed by atoms with Crippen molar-refractivity contribution < 1.29 is 0 Å². The van der Waals surface area contributed by atoms with E-state index in [1.807, 2.05) is 25.4 Å². The highest BCUT2D eigenvalue weighted by atomic mass is 35.5. The van der Waals surface area contributed by atoms with E-state index in [-0.39, 0.29) is 5.41 Å². The smallest absolute Gasteiger partial charge is 0.0633 e. The highest BCUT2D eigenvalue weighted by molar-refractivity contribution is 6.18. The van der Waals surface area contributed by atoms with Gasteiger partial charge in [-0.3, -0.25) is 4.68 Å². The van der Waals surface area contributed by atoms with E-state index in [0.29, 0.717) is 5.88 Å². The fourth-order valence-electron chi connectivity index (χ4n) is 1.15. The molecule has 0 bridgehead atoms. The highest BCUT2D eigenvalue weighted by Crippen LogP contribution is 2.24. The molecule has 0 saturated carbocycles. The van der Waals surface area contributed by atoms with Gasteiger partial charge in [-0.2, -0.15) is 5.10 Å². The molecule has 72 valence electrons. The Bertz CT molecular complexity index is 293. The number of hydrogen-bond acceptors (Lipinski definition) is 1. The van der Waals surface area contributed by atoms with Gasteiger partial charge in [-0.15, -0.1) is 18.2 Å².